The number of aromatic amines is 2. The molecule has 0 spiro atoms. The largest absolute Gasteiger partial charge is 0.376 e. The summed E-state index contributed by atoms with van der Waals surface area (Å²) < 4.78 is 1.66. The molecule has 11 nitrogen and oxygen atoms in total. The normalized spacial score (nSPS) is 13.5. The molecule has 5 rings (SSSR count). The molecule has 12 heteroatoms. The number of nitrogens with zero attached hydrogens (tertiary/aromatic N) is 7. The SMILES string of the molecule is CC(C)[C@@]([Si])(Nc1c(-c2nc3ncc(N(C)C)cc3[nH]2)c(=O)[nH]c2cn(C)nc12)c1ncccn1. The molecule has 0 amide bonds. The fourth-order valence-electron chi connectivity index (χ4n) is 3.94. The molecular weight excluding hydrogens is 460 g/mol. The van der Waals surface area contributed by atoms with Crippen molar-refractivity contribution >= 4 is 43.8 Å². The van der Waals surface area contributed by atoms with Gasteiger partial charge in [0.15, 0.2) is 5.65 Å². The van der Waals surface area contributed by atoms with Crippen LogP contribution in [0.15, 0.2) is 41.7 Å². The molecule has 35 heavy (non-hydrogen) atoms. The maximum Gasteiger partial charge on any atom is 0.261 e. The molecule has 177 valence electrons. The zero-order valence-electron chi connectivity index (χ0n) is 20.1. The van der Waals surface area contributed by atoms with Crippen molar-refractivity contribution in [1.82, 2.24) is 39.7 Å². The van der Waals surface area contributed by atoms with E-state index in [1.165, 1.54) is 0 Å². The van der Waals surface area contributed by atoms with E-state index in [4.69, 9.17) is 0 Å². The van der Waals surface area contributed by atoms with Gasteiger partial charge in [-0.15, -0.1) is 0 Å². The van der Waals surface area contributed by atoms with Gasteiger partial charge in [0.2, 0.25) is 0 Å². The van der Waals surface area contributed by atoms with Crippen LogP contribution in [-0.2, 0) is 12.2 Å². The Hall–Kier alpha value is -4.06. The summed E-state index contributed by atoms with van der Waals surface area (Å²) in [5.74, 6) is 0.905. The number of fused-ring (bicyclic) bond motifs is 2. The highest BCUT2D eigenvalue weighted by atomic mass is 28.1. The van der Waals surface area contributed by atoms with Crippen LogP contribution in [0.5, 0.6) is 0 Å². The maximum absolute atomic E-state index is 13.4. The van der Waals surface area contributed by atoms with E-state index in [1.807, 2.05) is 38.9 Å². The average molecular weight is 486 g/mol. The van der Waals surface area contributed by atoms with Gasteiger partial charge in [0.05, 0.1) is 44.0 Å². The van der Waals surface area contributed by atoms with E-state index < -0.39 is 5.16 Å². The van der Waals surface area contributed by atoms with E-state index in [-0.39, 0.29) is 11.5 Å². The molecule has 5 heterocycles. The van der Waals surface area contributed by atoms with Gasteiger partial charge < -0.3 is 20.2 Å². The first-order valence-corrected chi connectivity index (χ1v) is 11.6. The van der Waals surface area contributed by atoms with Crippen LogP contribution in [0.1, 0.15) is 19.7 Å². The number of anilines is 2. The van der Waals surface area contributed by atoms with Gasteiger partial charge in [0, 0.05) is 39.7 Å². The summed E-state index contributed by atoms with van der Waals surface area (Å²) >= 11 is 0. The molecule has 5 aromatic rings. The van der Waals surface area contributed by atoms with Crippen molar-refractivity contribution in [3.05, 3.63) is 53.1 Å². The molecule has 0 aromatic carbocycles. The Labute approximate surface area is 204 Å². The summed E-state index contributed by atoms with van der Waals surface area (Å²) in [4.78, 5) is 39.6. The van der Waals surface area contributed by atoms with Gasteiger partial charge in [-0.25, -0.2) is 19.9 Å². The predicted molar refractivity (Wildman–Crippen MR) is 136 cm³/mol. The molecule has 3 radical (unpaired) electrons. The van der Waals surface area contributed by atoms with Crippen LogP contribution in [0.2, 0.25) is 0 Å². The van der Waals surface area contributed by atoms with E-state index in [0.717, 1.165) is 11.2 Å². The van der Waals surface area contributed by atoms with Crippen LogP contribution < -0.4 is 15.8 Å². The molecule has 0 aliphatic carbocycles. The first-order chi connectivity index (χ1) is 16.7. The van der Waals surface area contributed by atoms with Crippen molar-refractivity contribution in [1.29, 1.82) is 0 Å². The molecule has 0 aliphatic heterocycles. The summed E-state index contributed by atoms with van der Waals surface area (Å²) in [6.45, 7) is 4.07. The van der Waals surface area contributed by atoms with Gasteiger partial charge in [0.25, 0.3) is 5.56 Å². The van der Waals surface area contributed by atoms with E-state index in [1.54, 1.807) is 42.6 Å². The second-order valence-corrected chi connectivity index (χ2v) is 9.76. The molecule has 3 N–H and O–H groups in total. The van der Waals surface area contributed by atoms with Crippen LogP contribution in [0.4, 0.5) is 11.4 Å². The predicted octanol–water partition coefficient (Wildman–Crippen LogP) is 2.15. The van der Waals surface area contributed by atoms with Gasteiger partial charge in [-0.2, -0.15) is 5.10 Å². The smallest absolute Gasteiger partial charge is 0.261 e. The first kappa shape index (κ1) is 22.7. The van der Waals surface area contributed by atoms with Crippen LogP contribution >= 0.6 is 0 Å². The second-order valence-electron chi connectivity index (χ2n) is 8.97. The highest BCUT2D eigenvalue weighted by Gasteiger charge is 2.36. The van der Waals surface area contributed by atoms with Crippen molar-refractivity contribution < 1.29 is 0 Å². The molecular formula is C23H25N10OSi. The summed E-state index contributed by atoms with van der Waals surface area (Å²) in [6.07, 6.45) is 6.87. The number of imidazole rings is 1. The van der Waals surface area contributed by atoms with E-state index in [0.29, 0.717) is 39.6 Å². The number of aryl methyl sites for hydroxylation is 1. The Morgan fingerprint density at radius 2 is 1.89 bits per heavy atom. The number of hydrogen-bond acceptors (Lipinski definition) is 8. The number of H-pyrrole nitrogens is 2. The molecule has 0 saturated heterocycles. The van der Waals surface area contributed by atoms with Crippen molar-refractivity contribution in [2.75, 3.05) is 24.3 Å². The summed E-state index contributed by atoms with van der Waals surface area (Å²) in [7, 11) is 9.60. The van der Waals surface area contributed by atoms with Gasteiger partial charge in [-0.3, -0.25) is 9.48 Å². The Morgan fingerprint density at radius 3 is 2.57 bits per heavy atom. The lowest BCUT2D eigenvalue weighted by molar-refractivity contribution is 0.462. The van der Waals surface area contributed by atoms with Crippen LogP contribution in [0.3, 0.4) is 0 Å². The number of hydrogen-bond donors (Lipinski definition) is 3. The van der Waals surface area contributed by atoms with E-state index in [9.17, 15) is 4.79 Å². The number of rotatable bonds is 6. The molecule has 0 aliphatic rings. The lowest BCUT2D eigenvalue weighted by Gasteiger charge is -2.34. The highest BCUT2D eigenvalue weighted by molar-refractivity contribution is 6.18. The van der Waals surface area contributed by atoms with Gasteiger partial charge in [-0.1, -0.05) is 13.8 Å². The fourth-order valence-corrected chi connectivity index (χ4v) is 4.19. The van der Waals surface area contributed by atoms with E-state index >= 15 is 0 Å². The average Bonchev–Trinajstić information content (AvgIpc) is 3.41. The topological polar surface area (TPSA) is 133 Å². The third-order valence-electron chi connectivity index (χ3n) is 5.97. The third kappa shape index (κ3) is 3.85. The lowest BCUT2D eigenvalue weighted by atomic mass is 10.0. The number of pyridine rings is 2. The number of aromatic nitrogens is 8. The van der Waals surface area contributed by atoms with Crippen molar-refractivity contribution in [3.8, 4) is 11.4 Å². The maximum atomic E-state index is 13.4. The van der Waals surface area contributed by atoms with Crippen molar-refractivity contribution in [2.45, 2.75) is 19.0 Å². The molecule has 5 aromatic heterocycles. The van der Waals surface area contributed by atoms with Crippen LogP contribution in [0, 0.1) is 5.92 Å². The minimum Gasteiger partial charge on any atom is -0.376 e. The van der Waals surface area contributed by atoms with Crippen molar-refractivity contribution in [2.24, 2.45) is 13.0 Å². The summed E-state index contributed by atoms with van der Waals surface area (Å²) in [6, 6.07) is 3.70. The van der Waals surface area contributed by atoms with E-state index in [2.05, 4.69) is 50.6 Å². The zero-order chi connectivity index (χ0) is 24.9. The quantitative estimate of drug-likeness (QED) is 0.312. The van der Waals surface area contributed by atoms with Crippen LogP contribution in [-0.4, -0.2) is 64.0 Å². The molecule has 0 fully saturated rings. The Balaban J connectivity index is 1.76. The van der Waals surface area contributed by atoms with Gasteiger partial charge in [-0.05, 0) is 18.1 Å². The molecule has 0 unspecified atom stereocenters. The Kier molecular flexibility index (Phi) is 5.39. The molecule has 0 saturated carbocycles. The molecule has 1 atom stereocenters. The van der Waals surface area contributed by atoms with Gasteiger partial charge in [0.1, 0.15) is 22.7 Å². The monoisotopic (exact) mass is 485 g/mol. The zero-order valence-corrected chi connectivity index (χ0v) is 21.1. The second kappa shape index (κ2) is 8.31. The Morgan fingerprint density at radius 1 is 1.14 bits per heavy atom. The summed E-state index contributed by atoms with van der Waals surface area (Å²) in [5.41, 5.74) is 3.84. The third-order valence-corrected chi connectivity index (χ3v) is 6.90. The van der Waals surface area contributed by atoms with Crippen LogP contribution in [0.25, 0.3) is 33.6 Å². The summed E-state index contributed by atoms with van der Waals surface area (Å²) in [5, 5.41) is 7.25. The number of nitrogens with one attached hydrogen (secondary N) is 3. The first-order valence-electron chi connectivity index (χ1n) is 11.1. The Bertz CT molecular complexity index is 1590. The molecule has 0 bridgehead atoms. The van der Waals surface area contributed by atoms with Gasteiger partial charge >= 0.3 is 0 Å². The fraction of sp³-hybridized carbons (Fsp3) is 0.304. The standard InChI is InChI=1S/C23H25N10OSi/c1-12(2)23(35,22-24-7-6-8-25-22)30-18-16(21(34)28-15-11-33(5)31-17(15)18)20-27-14-9-13(32(3)4)10-26-19(14)29-20/h6-12,30H,1-5H3,(H,28,34)(H,26,27,29)/t23-/m0/s1. The lowest BCUT2D eigenvalue weighted by Crippen LogP contribution is -2.43. The van der Waals surface area contributed by atoms with Crippen molar-refractivity contribution in [3.63, 3.8) is 0 Å². The minimum atomic E-state index is -0.892. The highest BCUT2D eigenvalue weighted by Crippen LogP contribution is 2.36. The minimum absolute atomic E-state index is 0.00699.